The number of carbonyl (C=O) groups excluding carboxylic acids is 5. The molecule has 0 spiro atoms. The third kappa shape index (κ3) is 9.94. The number of para-hydroxylation sites is 1. The van der Waals surface area contributed by atoms with Gasteiger partial charge in [-0.25, -0.2) is 4.79 Å². The smallest absolute Gasteiger partial charge is 0.341 e. The molecule has 0 unspecified atom stereocenters. The van der Waals surface area contributed by atoms with E-state index in [1.54, 1.807) is 116 Å². The first-order valence-corrected chi connectivity index (χ1v) is 17.5. The maximum atomic E-state index is 13.5. The molecule has 13 heteroatoms. The predicted molar refractivity (Wildman–Crippen MR) is 203 cm³/mol. The second kappa shape index (κ2) is 17.3. The van der Waals surface area contributed by atoms with Gasteiger partial charge >= 0.3 is 5.97 Å². The van der Waals surface area contributed by atoms with Crippen LogP contribution in [-0.2, 0) is 14.3 Å². The van der Waals surface area contributed by atoms with Gasteiger partial charge in [0, 0.05) is 26.9 Å². The molecule has 1 aromatic heterocycles. The number of carbonyl (C=O) groups is 5. The van der Waals surface area contributed by atoms with Crippen molar-refractivity contribution < 1.29 is 28.7 Å². The zero-order valence-corrected chi connectivity index (χ0v) is 29.7. The van der Waals surface area contributed by atoms with Gasteiger partial charge in [-0.15, -0.1) is 23.1 Å². The van der Waals surface area contributed by atoms with E-state index in [-0.39, 0.29) is 26.9 Å². The average molecular weight is 739 g/mol. The molecule has 0 bridgehead atoms. The second-order valence-corrected chi connectivity index (χ2v) is 13.3. The van der Waals surface area contributed by atoms with E-state index in [0.29, 0.717) is 38.0 Å². The molecular formula is C38H31ClN4O6S2. The van der Waals surface area contributed by atoms with E-state index in [4.69, 9.17) is 16.3 Å². The number of rotatable bonds is 12. The lowest BCUT2D eigenvalue weighted by Gasteiger charge is -2.12. The molecule has 0 atom stereocenters. The molecule has 5 rings (SSSR count). The van der Waals surface area contributed by atoms with Crippen molar-refractivity contribution in [2.24, 2.45) is 0 Å². The van der Waals surface area contributed by atoms with Crippen LogP contribution < -0.4 is 21.3 Å². The van der Waals surface area contributed by atoms with Gasteiger partial charge in [0.2, 0.25) is 5.91 Å². The number of nitrogens with one attached hydrogen (secondary N) is 4. The molecule has 51 heavy (non-hydrogen) atoms. The quantitative estimate of drug-likeness (QED) is 0.0579. The Kier molecular flexibility index (Phi) is 12.4. The summed E-state index contributed by atoms with van der Waals surface area (Å²) in [5.74, 6) is -2.60. The van der Waals surface area contributed by atoms with Crippen molar-refractivity contribution in [2.45, 2.75) is 11.8 Å². The van der Waals surface area contributed by atoms with Gasteiger partial charge in [-0.05, 0) is 78.7 Å². The summed E-state index contributed by atoms with van der Waals surface area (Å²) < 4.78 is 4.94. The van der Waals surface area contributed by atoms with Gasteiger partial charge in [0.25, 0.3) is 17.7 Å². The maximum absolute atomic E-state index is 13.5. The van der Waals surface area contributed by atoms with Crippen molar-refractivity contribution in [3.63, 3.8) is 0 Å². The van der Waals surface area contributed by atoms with Crippen LogP contribution in [0.15, 0.2) is 120 Å². The van der Waals surface area contributed by atoms with Crippen molar-refractivity contribution in [2.75, 3.05) is 28.8 Å². The standard InChI is InChI=1S/C38H31ClN4O6S2/c1-23-32(38(48)49-2)37(51-33(23)36(47)40-27-12-7-4-8-13-27)43-31(44)22-50-29-15-9-14-28(21-29)41-35(46)30(20-24-16-18-26(39)19-17-24)42-34(45)25-10-5-3-6-11-25/h3-21H,22H2,1-2H3,(H,40,47)(H,41,46)(H,42,45)(H,43,44)/b30-20+. The summed E-state index contributed by atoms with van der Waals surface area (Å²) in [4.78, 5) is 66.1. The highest BCUT2D eigenvalue weighted by Gasteiger charge is 2.26. The highest BCUT2D eigenvalue weighted by atomic mass is 35.5. The van der Waals surface area contributed by atoms with Crippen molar-refractivity contribution >= 4 is 86.7 Å². The summed E-state index contributed by atoms with van der Waals surface area (Å²) in [5, 5.41) is 11.8. The Balaban J connectivity index is 1.26. The number of hydrogen-bond acceptors (Lipinski definition) is 8. The summed E-state index contributed by atoms with van der Waals surface area (Å²) in [6, 6.07) is 31.1. The Morgan fingerprint density at radius 1 is 0.784 bits per heavy atom. The Bertz CT molecular complexity index is 2100. The largest absolute Gasteiger partial charge is 0.465 e. The number of hydrogen-bond donors (Lipinski definition) is 4. The van der Waals surface area contributed by atoms with Gasteiger partial charge in [-0.3, -0.25) is 19.2 Å². The van der Waals surface area contributed by atoms with E-state index in [2.05, 4.69) is 21.3 Å². The van der Waals surface area contributed by atoms with Gasteiger partial charge in [0.1, 0.15) is 10.7 Å². The number of benzene rings is 4. The summed E-state index contributed by atoms with van der Waals surface area (Å²) in [6.45, 7) is 1.62. The van der Waals surface area contributed by atoms with Crippen LogP contribution in [0, 0.1) is 6.92 Å². The van der Waals surface area contributed by atoms with E-state index in [1.165, 1.54) is 18.9 Å². The number of esters is 1. The van der Waals surface area contributed by atoms with Crippen LogP contribution in [0.3, 0.4) is 0 Å². The minimum absolute atomic E-state index is 0.00748. The zero-order valence-electron chi connectivity index (χ0n) is 27.3. The van der Waals surface area contributed by atoms with E-state index in [0.717, 1.165) is 11.3 Å². The van der Waals surface area contributed by atoms with E-state index in [9.17, 15) is 24.0 Å². The molecule has 5 aromatic rings. The highest BCUT2D eigenvalue weighted by molar-refractivity contribution is 8.00. The number of ether oxygens (including phenoxy) is 1. The monoisotopic (exact) mass is 738 g/mol. The van der Waals surface area contributed by atoms with Crippen molar-refractivity contribution in [1.82, 2.24) is 5.32 Å². The van der Waals surface area contributed by atoms with Crippen LogP contribution in [-0.4, -0.2) is 42.5 Å². The van der Waals surface area contributed by atoms with Crippen LogP contribution in [0.2, 0.25) is 5.02 Å². The van der Waals surface area contributed by atoms with Crippen molar-refractivity contribution in [3.05, 3.63) is 147 Å². The molecule has 258 valence electrons. The molecule has 0 aliphatic carbocycles. The van der Waals surface area contributed by atoms with Gasteiger partial charge in [0.05, 0.1) is 23.3 Å². The Labute approximate surface area is 307 Å². The topological polar surface area (TPSA) is 143 Å². The number of thiophene rings is 1. The SMILES string of the molecule is COC(=O)c1c(NC(=O)CSc2cccc(NC(=O)/C(=C\c3ccc(Cl)cc3)NC(=O)c3ccccc3)c2)sc(C(=O)Nc2ccccc2)c1C. The molecule has 0 saturated carbocycles. The fourth-order valence-corrected chi connectivity index (χ4v) is 6.70. The lowest BCUT2D eigenvalue weighted by molar-refractivity contribution is -0.114. The molecular weight excluding hydrogens is 708 g/mol. The molecule has 4 amide bonds. The zero-order chi connectivity index (χ0) is 36.3. The number of anilines is 3. The van der Waals surface area contributed by atoms with E-state index >= 15 is 0 Å². The summed E-state index contributed by atoms with van der Waals surface area (Å²) in [6.07, 6.45) is 1.54. The Morgan fingerprint density at radius 3 is 2.14 bits per heavy atom. The van der Waals surface area contributed by atoms with Crippen LogP contribution in [0.25, 0.3) is 6.08 Å². The number of halogens is 1. The summed E-state index contributed by atoms with van der Waals surface area (Å²) in [5.41, 5.74) is 2.54. The predicted octanol–water partition coefficient (Wildman–Crippen LogP) is 7.89. The fourth-order valence-electron chi connectivity index (χ4n) is 4.72. The summed E-state index contributed by atoms with van der Waals surface area (Å²) >= 11 is 8.20. The third-order valence-electron chi connectivity index (χ3n) is 7.20. The minimum Gasteiger partial charge on any atom is -0.465 e. The second-order valence-electron chi connectivity index (χ2n) is 10.8. The summed E-state index contributed by atoms with van der Waals surface area (Å²) in [7, 11) is 1.23. The van der Waals surface area contributed by atoms with Gasteiger partial charge in [-0.2, -0.15) is 0 Å². The van der Waals surface area contributed by atoms with Crippen LogP contribution in [0.1, 0.15) is 41.5 Å². The van der Waals surface area contributed by atoms with Gasteiger partial charge in [0.15, 0.2) is 0 Å². The number of amides is 4. The first kappa shape index (κ1) is 36.6. The molecule has 0 fully saturated rings. The minimum atomic E-state index is -0.682. The van der Waals surface area contributed by atoms with Gasteiger partial charge in [-0.1, -0.05) is 66.2 Å². The van der Waals surface area contributed by atoms with Crippen LogP contribution in [0.4, 0.5) is 16.4 Å². The van der Waals surface area contributed by atoms with E-state index < -0.39 is 29.6 Å². The first-order valence-electron chi connectivity index (χ1n) is 15.4. The Hall–Kier alpha value is -5.69. The molecule has 4 N–H and O–H groups in total. The molecule has 10 nitrogen and oxygen atoms in total. The molecule has 1 heterocycles. The van der Waals surface area contributed by atoms with E-state index in [1.807, 2.05) is 6.07 Å². The molecule has 0 aliphatic rings. The Morgan fingerprint density at radius 2 is 1.45 bits per heavy atom. The fraction of sp³-hybridized carbons (Fsp3) is 0.0789. The van der Waals surface area contributed by atoms with Gasteiger partial charge < -0.3 is 26.0 Å². The van der Waals surface area contributed by atoms with Crippen molar-refractivity contribution in [1.29, 1.82) is 0 Å². The normalized spacial score (nSPS) is 10.9. The lowest BCUT2D eigenvalue weighted by Crippen LogP contribution is -2.30. The molecule has 4 aromatic carbocycles. The maximum Gasteiger partial charge on any atom is 0.341 e. The first-order chi connectivity index (χ1) is 24.6. The molecule has 0 radical (unpaired) electrons. The number of thioether (sulfide) groups is 1. The average Bonchev–Trinajstić information content (AvgIpc) is 3.46. The van der Waals surface area contributed by atoms with Crippen LogP contribution in [0.5, 0.6) is 0 Å². The van der Waals surface area contributed by atoms with Crippen LogP contribution >= 0.6 is 34.7 Å². The highest BCUT2D eigenvalue weighted by Crippen LogP contribution is 2.35. The third-order valence-corrected chi connectivity index (χ3v) is 9.65. The molecule has 0 saturated heterocycles. The lowest BCUT2D eigenvalue weighted by atomic mass is 10.1. The molecule has 0 aliphatic heterocycles. The number of methoxy groups -OCH3 is 1. The van der Waals surface area contributed by atoms with Crippen molar-refractivity contribution in [3.8, 4) is 0 Å².